The molecule has 0 bridgehead atoms. The highest BCUT2D eigenvalue weighted by Crippen LogP contribution is 2.26. The molecule has 0 aliphatic carbocycles. The number of piperazine rings is 1. The van der Waals surface area contributed by atoms with Crippen molar-refractivity contribution in [2.75, 3.05) is 48.4 Å². The van der Waals surface area contributed by atoms with E-state index in [2.05, 4.69) is 25.1 Å². The summed E-state index contributed by atoms with van der Waals surface area (Å²) in [6.07, 6.45) is 1.76. The van der Waals surface area contributed by atoms with Crippen LogP contribution in [0.5, 0.6) is 5.75 Å². The van der Waals surface area contributed by atoms with Crippen molar-refractivity contribution in [1.29, 1.82) is 0 Å². The molecular weight excluding hydrogens is 357 g/mol. The molecule has 1 saturated heterocycles. The molecule has 28 heavy (non-hydrogen) atoms. The molecule has 1 N–H and O–H groups in total. The first-order valence-corrected chi connectivity index (χ1v) is 9.21. The van der Waals surface area contributed by atoms with Gasteiger partial charge >= 0.3 is 0 Å². The fourth-order valence-electron chi connectivity index (χ4n) is 3.30. The number of halogens is 1. The third-order valence-corrected chi connectivity index (χ3v) is 4.79. The lowest BCUT2D eigenvalue weighted by atomic mass is 10.2. The number of benzene rings is 2. The Hall–Kier alpha value is -3.35. The Morgan fingerprint density at radius 3 is 2.39 bits per heavy atom. The van der Waals surface area contributed by atoms with E-state index in [9.17, 15) is 4.39 Å². The van der Waals surface area contributed by atoms with E-state index in [0.717, 1.165) is 49.1 Å². The first-order valence-electron chi connectivity index (χ1n) is 9.21. The molecule has 0 atom stereocenters. The lowest BCUT2D eigenvalue weighted by molar-refractivity contribution is 0.417. The number of para-hydroxylation sites is 2. The Labute approximate surface area is 163 Å². The number of nitrogens with zero attached hydrogens (tertiary/aromatic N) is 4. The average Bonchev–Trinajstić information content (AvgIpc) is 2.75. The van der Waals surface area contributed by atoms with Crippen molar-refractivity contribution in [2.24, 2.45) is 0 Å². The number of ether oxygens (including phenoxy) is 1. The van der Waals surface area contributed by atoms with Gasteiger partial charge in [0.25, 0.3) is 0 Å². The number of hydrogen-bond acceptors (Lipinski definition) is 6. The predicted molar refractivity (Wildman–Crippen MR) is 109 cm³/mol. The van der Waals surface area contributed by atoms with Crippen LogP contribution in [0.1, 0.15) is 0 Å². The maximum absolute atomic E-state index is 13.1. The molecule has 144 valence electrons. The van der Waals surface area contributed by atoms with Crippen LogP contribution in [-0.2, 0) is 0 Å². The number of aromatic nitrogens is 2. The molecule has 3 aromatic rings. The minimum atomic E-state index is -0.210. The molecule has 1 fully saturated rings. The Bertz CT molecular complexity index is 926. The quantitative estimate of drug-likeness (QED) is 0.730. The fraction of sp³-hybridized carbons (Fsp3) is 0.238. The summed E-state index contributed by atoms with van der Waals surface area (Å²) in [4.78, 5) is 13.5. The van der Waals surface area contributed by atoms with Gasteiger partial charge in [-0.2, -0.15) is 4.98 Å². The molecule has 0 radical (unpaired) electrons. The van der Waals surface area contributed by atoms with Gasteiger partial charge in [-0.05, 0) is 42.5 Å². The second kappa shape index (κ2) is 8.12. The van der Waals surface area contributed by atoms with Gasteiger partial charge < -0.3 is 19.9 Å². The van der Waals surface area contributed by atoms with E-state index in [1.165, 1.54) is 12.1 Å². The smallest absolute Gasteiger partial charge is 0.229 e. The van der Waals surface area contributed by atoms with E-state index in [-0.39, 0.29) is 5.82 Å². The maximum Gasteiger partial charge on any atom is 0.229 e. The summed E-state index contributed by atoms with van der Waals surface area (Å²) in [5, 5.41) is 3.22. The van der Waals surface area contributed by atoms with Gasteiger partial charge in [0.1, 0.15) is 17.4 Å². The molecule has 7 heteroatoms. The highest BCUT2D eigenvalue weighted by atomic mass is 19.1. The molecule has 0 unspecified atom stereocenters. The van der Waals surface area contributed by atoms with Crippen LogP contribution in [0.2, 0.25) is 0 Å². The second-order valence-corrected chi connectivity index (χ2v) is 6.51. The third kappa shape index (κ3) is 3.98. The normalized spacial score (nSPS) is 14.1. The van der Waals surface area contributed by atoms with Crippen molar-refractivity contribution in [1.82, 2.24) is 9.97 Å². The SMILES string of the molecule is COc1ccccc1Nc1nccc(N2CCN(c3ccc(F)cc3)CC2)n1. The number of methoxy groups -OCH3 is 1. The molecule has 6 nitrogen and oxygen atoms in total. The van der Waals surface area contributed by atoms with Crippen molar-refractivity contribution in [3.63, 3.8) is 0 Å². The minimum absolute atomic E-state index is 0.210. The van der Waals surface area contributed by atoms with Crippen molar-refractivity contribution in [3.05, 3.63) is 66.6 Å². The van der Waals surface area contributed by atoms with Crippen molar-refractivity contribution in [3.8, 4) is 5.75 Å². The first-order chi connectivity index (χ1) is 13.7. The molecule has 4 rings (SSSR count). The summed E-state index contributed by atoms with van der Waals surface area (Å²) in [5.41, 5.74) is 1.87. The van der Waals surface area contributed by atoms with E-state index < -0.39 is 0 Å². The van der Waals surface area contributed by atoms with Gasteiger partial charge in [-0.3, -0.25) is 0 Å². The lowest BCUT2D eigenvalue weighted by Gasteiger charge is -2.36. The summed E-state index contributed by atoms with van der Waals surface area (Å²) >= 11 is 0. The standard InChI is InChI=1S/C21H22FN5O/c1-28-19-5-3-2-4-18(19)24-21-23-11-10-20(25-21)27-14-12-26(13-15-27)17-8-6-16(22)7-9-17/h2-11H,12-15H2,1H3,(H,23,24,25). The van der Waals surface area contributed by atoms with Gasteiger partial charge in [0.2, 0.25) is 5.95 Å². The van der Waals surface area contributed by atoms with Gasteiger partial charge in [-0.25, -0.2) is 9.37 Å². The Kier molecular flexibility index (Phi) is 5.23. The van der Waals surface area contributed by atoms with E-state index in [0.29, 0.717) is 5.95 Å². The van der Waals surface area contributed by atoms with E-state index >= 15 is 0 Å². The zero-order valence-electron chi connectivity index (χ0n) is 15.7. The van der Waals surface area contributed by atoms with E-state index in [1.807, 2.05) is 42.5 Å². The molecule has 0 amide bonds. The molecule has 1 aliphatic heterocycles. The molecular formula is C21H22FN5O. The maximum atomic E-state index is 13.1. The van der Waals surface area contributed by atoms with Crippen LogP contribution in [0.3, 0.4) is 0 Å². The Morgan fingerprint density at radius 2 is 1.64 bits per heavy atom. The van der Waals surface area contributed by atoms with Gasteiger partial charge in [-0.1, -0.05) is 12.1 Å². The summed E-state index contributed by atoms with van der Waals surface area (Å²) in [7, 11) is 1.64. The Morgan fingerprint density at radius 1 is 0.929 bits per heavy atom. The number of anilines is 4. The van der Waals surface area contributed by atoms with Gasteiger partial charge in [0.15, 0.2) is 0 Å². The number of rotatable bonds is 5. The first kappa shape index (κ1) is 18.0. The number of nitrogens with one attached hydrogen (secondary N) is 1. The van der Waals surface area contributed by atoms with E-state index in [1.54, 1.807) is 13.3 Å². The third-order valence-electron chi connectivity index (χ3n) is 4.79. The van der Waals surface area contributed by atoms with Crippen LogP contribution in [0.25, 0.3) is 0 Å². The largest absolute Gasteiger partial charge is 0.495 e. The Balaban J connectivity index is 1.43. The van der Waals surface area contributed by atoms with Crippen molar-refractivity contribution in [2.45, 2.75) is 0 Å². The minimum Gasteiger partial charge on any atom is -0.495 e. The monoisotopic (exact) mass is 379 g/mol. The van der Waals surface area contributed by atoms with Gasteiger partial charge in [0, 0.05) is 38.1 Å². The van der Waals surface area contributed by atoms with Crippen molar-refractivity contribution < 1.29 is 9.13 Å². The molecule has 2 heterocycles. The number of hydrogen-bond donors (Lipinski definition) is 1. The molecule has 1 aromatic heterocycles. The molecule has 2 aromatic carbocycles. The van der Waals surface area contributed by atoms with Crippen molar-refractivity contribution >= 4 is 23.1 Å². The predicted octanol–water partition coefficient (Wildman–Crippen LogP) is 3.69. The molecule has 1 aliphatic rings. The zero-order valence-corrected chi connectivity index (χ0v) is 15.7. The van der Waals surface area contributed by atoms with Gasteiger partial charge in [0.05, 0.1) is 12.8 Å². The summed E-state index contributed by atoms with van der Waals surface area (Å²) < 4.78 is 18.5. The van der Waals surface area contributed by atoms with Crippen LogP contribution in [0.15, 0.2) is 60.8 Å². The summed E-state index contributed by atoms with van der Waals surface area (Å²) in [6.45, 7) is 3.38. The van der Waals surface area contributed by atoms with Crippen LogP contribution < -0.4 is 19.9 Å². The fourth-order valence-corrected chi connectivity index (χ4v) is 3.30. The zero-order chi connectivity index (χ0) is 19.3. The second-order valence-electron chi connectivity index (χ2n) is 6.51. The average molecular weight is 379 g/mol. The molecule has 0 spiro atoms. The lowest BCUT2D eigenvalue weighted by Crippen LogP contribution is -2.46. The highest BCUT2D eigenvalue weighted by molar-refractivity contribution is 5.63. The summed E-state index contributed by atoms with van der Waals surface area (Å²) in [6, 6.07) is 16.2. The van der Waals surface area contributed by atoms with Crippen LogP contribution in [-0.4, -0.2) is 43.3 Å². The summed E-state index contributed by atoms with van der Waals surface area (Å²) in [5.74, 6) is 1.94. The van der Waals surface area contributed by atoms with E-state index in [4.69, 9.17) is 4.74 Å². The van der Waals surface area contributed by atoms with Crippen LogP contribution in [0.4, 0.5) is 27.5 Å². The highest BCUT2D eigenvalue weighted by Gasteiger charge is 2.19. The topological polar surface area (TPSA) is 53.5 Å². The van der Waals surface area contributed by atoms with Gasteiger partial charge in [-0.15, -0.1) is 0 Å². The van der Waals surface area contributed by atoms with Crippen LogP contribution in [0, 0.1) is 5.82 Å². The van der Waals surface area contributed by atoms with Crippen LogP contribution >= 0.6 is 0 Å². The molecule has 0 saturated carbocycles.